The summed E-state index contributed by atoms with van der Waals surface area (Å²) in [5.74, 6) is -0.101. The SMILES string of the molecule is Cc1ncnc(C)c1C(=O)N1CCC2(CC1)C(=O)NC(=O)N2CC(C)C. The quantitative estimate of drug-likeness (QED) is 0.820. The molecule has 0 aliphatic carbocycles. The summed E-state index contributed by atoms with van der Waals surface area (Å²) >= 11 is 0. The molecule has 3 rings (SSSR count). The number of aromatic nitrogens is 2. The normalized spacial score (nSPS) is 19.4. The van der Waals surface area contributed by atoms with Gasteiger partial charge in [0.05, 0.1) is 17.0 Å². The maximum Gasteiger partial charge on any atom is 0.325 e. The molecule has 2 aliphatic heterocycles. The van der Waals surface area contributed by atoms with E-state index in [4.69, 9.17) is 0 Å². The highest BCUT2D eigenvalue weighted by atomic mass is 16.2. The third-order valence-corrected chi connectivity index (χ3v) is 5.27. The van der Waals surface area contributed by atoms with Gasteiger partial charge in [-0.15, -0.1) is 0 Å². The number of amides is 4. The maximum atomic E-state index is 12.9. The molecule has 0 bridgehead atoms. The summed E-state index contributed by atoms with van der Waals surface area (Å²) in [7, 11) is 0. The number of hydrogen-bond donors (Lipinski definition) is 1. The number of carbonyl (C=O) groups is 3. The summed E-state index contributed by atoms with van der Waals surface area (Å²) in [6.07, 6.45) is 2.33. The Hall–Kier alpha value is -2.51. The van der Waals surface area contributed by atoms with Crippen molar-refractivity contribution in [2.75, 3.05) is 19.6 Å². The Balaban J connectivity index is 1.79. The average molecular weight is 359 g/mol. The van der Waals surface area contributed by atoms with Gasteiger partial charge in [0.2, 0.25) is 0 Å². The van der Waals surface area contributed by atoms with E-state index in [1.54, 1.807) is 23.6 Å². The lowest BCUT2D eigenvalue weighted by Gasteiger charge is -2.42. The van der Waals surface area contributed by atoms with E-state index in [9.17, 15) is 14.4 Å². The van der Waals surface area contributed by atoms with E-state index in [-0.39, 0.29) is 23.8 Å². The van der Waals surface area contributed by atoms with Crippen molar-refractivity contribution in [1.29, 1.82) is 0 Å². The number of carbonyl (C=O) groups excluding carboxylic acids is 3. The number of rotatable bonds is 3. The highest BCUT2D eigenvalue weighted by Crippen LogP contribution is 2.34. The van der Waals surface area contributed by atoms with Crippen molar-refractivity contribution in [3.63, 3.8) is 0 Å². The molecule has 0 radical (unpaired) electrons. The first-order valence-corrected chi connectivity index (χ1v) is 8.97. The van der Waals surface area contributed by atoms with Crippen LogP contribution in [0.3, 0.4) is 0 Å². The Morgan fingerprint density at radius 2 is 1.77 bits per heavy atom. The molecule has 2 aliphatic rings. The van der Waals surface area contributed by atoms with Crippen LogP contribution in [-0.4, -0.2) is 62.8 Å². The van der Waals surface area contributed by atoms with E-state index in [1.165, 1.54) is 6.33 Å². The molecule has 8 heteroatoms. The lowest BCUT2D eigenvalue weighted by atomic mass is 9.85. The van der Waals surface area contributed by atoms with Crippen LogP contribution in [0.25, 0.3) is 0 Å². The second kappa shape index (κ2) is 6.66. The fraction of sp³-hybridized carbons (Fsp3) is 0.611. The number of piperidine rings is 1. The molecule has 0 unspecified atom stereocenters. The molecule has 3 heterocycles. The van der Waals surface area contributed by atoms with Gasteiger partial charge in [-0.3, -0.25) is 14.9 Å². The second-order valence-corrected chi connectivity index (χ2v) is 7.51. The van der Waals surface area contributed by atoms with E-state index in [2.05, 4.69) is 15.3 Å². The number of nitrogens with one attached hydrogen (secondary N) is 1. The van der Waals surface area contributed by atoms with Gasteiger partial charge in [-0.05, 0) is 32.6 Å². The lowest BCUT2D eigenvalue weighted by molar-refractivity contribution is -0.129. The van der Waals surface area contributed by atoms with Crippen LogP contribution in [0.15, 0.2) is 6.33 Å². The molecule has 0 atom stereocenters. The molecule has 8 nitrogen and oxygen atoms in total. The van der Waals surface area contributed by atoms with Gasteiger partial charge in [-0.1, -0.05) is 13.8 Å². The smallest absolute Gasteiger partial charge is 0.325 e. The highest BCUT2D eigenvalue weighted by molar-refractivity contribution is 6.07. The first-order chi connectivity index (χ1) is 12.3. The Kier molecular flexibility index (Phi) is 4.68. The van der Waals surface area contributed by atoms with Crippen molar-refractivity contribution in [3.8, 4) is 0 Å². The standard InChI is InChI=1S/C18H25N5O3/c1-11(2)9-23-17(26)21-16(25)18(23)5-7-22(8-6-18)15(24)14-12(3)19-10-20-13(14)4/h10-11H,5-9H2,1-4H3,(H,21,25,26). The summed E-state index contributed by atoms with van der Waals surface area (Å²) in [6, 6.07) is -0.327. The fourth-order valence-corrected chi connectivity index (χ4v) is 3.86. The largest absolute Gasteiger partial charge is 0.338 e. The number of aryl methyl sites for hydroxylation is 2. The van der Waals surface area contributed by atoms with Crippen LogP contribution >= 0.6 is 0 Å². The summed E-state index contributed by atoms with van der Waals surface area (Å²) in [5, 5.41) is 2.45. The predicted octanol–water partition coefficient (Wildman–Crippen LogP) is 1.28. The van der Waals surface area contributed by atoms with Crippen LogP contribution in [0.1, 0.15) is 48.4 Å². The van der Waals surface area contributed by atoms with Gasteiger partial charge >= 0.3 is 6.03 Å². The molecular weight excluding hydrogens is 334 g/mol. The van der Waals surface area contributed by atoms with Crippen molar-refractivity contribution >= 4 is 17.8 Å². The first-order valence-electron chi connectivity index (χ1n) is 8.97. The van der Waals surface area contributed by atoms with Gasteiger partial charge in [0.25, 0.3) is 11.8 Å². The zero-order valence-corrected chi connectivity index (χ0v) is 15.7. The van der Waals surface area contributed by atoms with Gasteiger partial charge in [-0.25, -0.2) is 14.8 Å². The van der Waals surface area contributed by atoms with E-state index in [0.717, 1.165) is 0 Å². The number of nitrogens with zero attached hydrogens (tertiary/aromatic N) is 4. The van der Waals surface area contributed by atoms with E-state index >= 15 is 0 Å². The van der Waals surface area contributed by atoms with Crippen LogP contribution in [-0.2, 0) is 4.79 Å². The van der Waals surface area contributed by atoms with Crippen molar-refractivity contribution in [2.45, 2.75) is 46.1 Å². The Morgan fingerprint density at radius 1 is 1.19 bits per heavy atom. The van der Waals surface area contributed by atoms with Crippen LogP contribution in [0.2, 0.25) is 0 Å². The summed E-state index contributed by atoms with van der Waals surface area (Å²) in [6.45, 7) is 8.98. The molecule has 140 valence electrons. The Labute approximate surface area is 153 Å². The van der Waals surface area contributed by atoms with E-state index in [0.29, 0.717) is 49.4 Å². The van der Waals surface area contributed by atoms with Crippen LogP contribution in [0, 0.1) is 19.8 Å². The molecule has 2 saturated heterocycles. The topological polar surface area (TPSA) is 95.5 Å². The van der Waals surface area contributed by atoms with Crippen molar-refractivity contribution in [2.24, 2.45) is 5.92 Å². The minimum absolute atomic E-state index is 0.115. The minimum Gasteiger partial charge on any atom is -0.338 e. The Bertz CT molecular complexity index is 733. The van der Waals surface area contributed by atoms with Gasteiger partial charge < -0.3 is 9.80 Å². The monoisotopic (exact) mass is 359 g/mol. The summed E-state index contributed by atoms with van der Waals surface area (Å²) in [4.78, 5) is 49.3. The molecule has 0 saturated carbocycles. The lowest BCUT2D eigenvalue weighted by Crippen LogP contribution is -2.58. The van der Waals surface area contributed by atoms with Crippen molar-refractivity contribution < 1.29 is 14.4 Å². The summed E-state index contributed by atoms with van der Waals surface area (Å²) < 4.78 is 0. The molecule has 1 aromatic rings. The Morgan fingerprint density at radius 3 is 2.31 bits per heavy atom. The third kappa shape index (κ3) is 2.93. The van der Waals surface area contributed by atoms with Gasteiger partial charge in [0.15, 0.2) is 0 Å². The zero-order valence-electron chi connectivity index (χ0n) is 15.7. The fourth-order valence-electron chi connectivity index (χ4n) is 3.86. The number of imide groups is 1. The molecule has 1 spiro atoms. The maximum absolute atomic E-state index is 12.9. The van der Waals surface area contributed by atoms with Gasteiger partial charge in [0.1, 0.15) is 11.9 Å². The van der Waals surface area contributed by atoms with Crippen LogP contribution in [0.4, 0.5) is 4.79 Å². The van der Waals surface area contributed by atoms with E-state index in [1.807, 2.05) is 13.8 Å². The van der Waals surface area contributed by atoms with Crippen LogP contribution in [0.5, 0.6) is 0 Å². The summed E-state index contributed by atoms with van der Waals surface area (Å²) in [5.41, 5.74) is 0.987. The molecule has 1 aromatic heterocycles. The van der Waals surface area contributed by atoms with Crippen molar-refractivity contribution in [1.82, 2.24) is 25.1 Å². The zero-order chi connectivity index (χ0) is 19.1. The molecular formula is C18H25N5O3. The minimum atomic E-state index is -0.838. The highest BCUT2D eigenvalue weighted by Gasteiger charge is 2.54. The number of hydrogen-bond acceptors (Lipinski definition) is 5. The second-order valence-electron chi connectivity index (χ2n) is 7.51. The van der Waals surface area contributed by atoms with Crippen LogP contribution < -0.4 is 5.32 Å². The van der Waals surface area contributed by atoms with E-state index < -0.39 is 5.54 Å². The molecule has 1 N–H and O–H groups in total. The number of likely N-dealkylation sites (tertiary alicyclic amines) is 1. The van der Waals surface area contributed by atoms with Gasteiger partial charge in [0, 0.05) is 19.6 Å². The average Bonchev–Trinajstić information content (AvgIpc) is 2.79. The number of urea groups is 1. The third-order valence-electron chi connectivity index (χ3n) is 5.27. The first kappa shape index (κ1) is 18.3. The van der Waals surface area contributed by atoms with Gasteiger partial charge in [-0.2, -0.15) is 0 Å². The molecule has 26 heavy (non-hydrogen) atoms. The molecule has 2 fully saturated rings. The molecule has 0 aromatic carbocycles. The van der Waals surface area contributed by atoms with Crippen molar-refractivity contribution in [3.05, 3.63) is 23.3 Å². The molecule has 4 amide bonds. The predicted molar refractivity (Wildman–Crippen MR) is 94.5 cm³/mol.